The molecule has 0 radical (unpaired) electrons. The SMILES string of the molecule is CC(C)(C)OC(=O)NCc1ccc(Cn2cc([N+](=O)[O-])cn2)cc1. The summed E-state index contributed by atoms with van der Waals surface area (Å²) in [6.07, 6.45) is 2.15. The first kappa shape index (κ1) is 17.5. The van der Waals surface area contributed by atoms with E-state index in [9.17, 15) is 14.9 Å². The second kappa shape index (κ2) is 7.12. The van der Waals surface area contributed by atoms with Crippen molar-refractivity contribution in [3.63, 3.8) is 0 Å². The van der Waals surface area contributed by atoms with Crippen molar-refractivity contribution in [3.05, 3.63) is 57.9 Å². The van der Waals surface area contributed by atoms with Crippen LogP contribution in [0.5, 0.6) is 0 Å². The average molecular weight is 332 g/mol. The van der Waals surface area contributed by atoms with Gasteiger partial charge in [-0.25, -0.2) is 4.79 Å². The van der Waals surface area contributed by atoms with Crippen molar-refractivity contribution in [2.45, 2.75) is 39.5 Å². The first-order valence-electron chi connectivity index (χ1n) is 7.44. The first-order valence-corrected chi connectivity index (χ1v) is 7.44. The number of aromatic nitrogens is 2. The molecule has 1 aromatic heterocycles. The van der Waals surface area contributed by atoms with Crippen LogP contribution in [0.4, 0.5) is 10.5 Å². The molecule has 0 aliphatic rings. The van der Waals surface area contributed by atoms with E-state index < -0.39 is 16.6 Å². The Hall–Kier alpha value is -2.90. The third-order valence-electron chi connectivity index (χ3n) is 3.03. The Morgan fingerprint density at radius 1 is 1.29 bits per heavy atom. The highest BCUT2D eigenvalue weighted by molar-refractivity contribution is 5.67. The number of carbonyl (C=O) groups is 1. The highest BCUT2D eigenvalue weighted by Crippen LogP contribution is 2.11. The maximum atomic E-state index is 11.6. The summed E-state index contributed by atoms with van der Waals surface area (Å²) in [6, 6.07) is 7.54. The van der Waals surface area contributed by atoms with Crippen LogP contribution in [0, 0.1) is 10.1 Å². The van der Waals surface area contributed by atoms with E-state index in [4.69, 9.17) is 4.74 Å². The molecule has 0 saturated heterocycles. The second-order valence-corrected chi connectivity index (χ2v) is 6.33. The molecule has 0 fully saturated rings. The smallest absolute Gasteiger partial charge is 0.407 e. The van der Waals surface area contributed by atoms with Crippen molar-refractivity contribution in [1.82, 2.24) is 15.1 Å². The minimum absolute atomic E-state index is 0.0341. The summed E-state index contributed by atoms with van der Waals surface area (Å²) in [5.74, 6) is 0. The zero-order chi connectivity index (χ0) is 17.7. The van der Waals surface area contributed by atoms with Gasteiger partial charge in [-0.05, 0) is 31.9 Å². The summed E-state index contributed by atoms with van der Waals surface area (Å²) >= 11 is 0. The lowest BCUT2D eigenvalue weighted by atomic mass is 10.1. The lowest BCUT2D eigenvalue weighted by molar-refractivity contribution is -0.385. The number of alkyl carbamates (subject to hydrolysis) is 1. The summed E-state index contributed by atoms with van der Waals surface area (Å²) in [5, 5.41) is 17.3. The third-order valence-corrected chi connectivity index (χ3v) is 3.03. The van der Waals surface area contributed by atoms with Gasteiger partial charge in [-0.2, -0.15) is 5.10 Å². The van der Waals surface area contributed by atoms with E-state index in [-0.39, 0.29) is 5.69 Å². The van der Waals surface area contributed by atoms with Gasteiger partial charge in [-0.1, -0.05) is 24.3 Å². The van der Waals surface area contributed by atoms with Crippen LogP contribution in [0.15, 0.2) is 36.7 Å². The van der Waals surface area contributed by atoms with Crippen molar-refractivity contribution in [3.8, 4) is 0 Å². The van der Waals surface area contributed by atoms with Crippen LogP contribution >= 0.6 is 0 Å². The van der Waals surface area contributed by atoms with Gasteiger partial charge in [-0.15, -0.1) is 0 Å². The van der Waals surface area contributed by atoms with Gasteiger partial charge in [0.05, 0.1) is 11.5 Å². The first-order chi connectivity index (χ1) is 11.2. The number of nitrogens with one attached hydrogen (secondary N) is 1. The summed E-state index contributed by atoms with van der Waals surface area (Å²) in [5.41, 5.74) is 1.32. The predicted octanol–water partition coefficient (Wildman–Crippen LogP) is 2.86. The van der Waals surface area contributed by atoms with Crippen LogP contribution in [0.25, 0.3) is 0 Å². The zero-order valence-corrected chi connectivity index (χ0v) is 13.9. The maximum absolute atomic E-state index is 11.6. The van der Waals surface area contributed by atoms with E-state index in [0.717, 1.165) is 11.1 Å². The number of hydrogen-bond donors (Lipinski definition) is 1. The standard InChI is InChI=1S/C16H20N4O4/c1-16(2,3)24-15(21)17-8-12-4-6-13(7-5-12)10-19-11-14(9-18-19)20(22)23/h4-7,9,11H,8,10H2,1-3H3,(H,17,21). The van der Waals surface area contributed by atoms with E-state index >= 15 is 0 Å². The predicted molar refractivity (Wildman–Crippen MR) is 87.5 cm³/mol. The van der Waals surface area contributed by atoms with Crippen molar-refractivity contribution in [2.75, 3.05) is 0 Å². The maximum Gasteiger partial charge on any atom is 0.407 e. The molecule has 0 aliphatic carbocycles. The Morgan fingerprint density at radius 3 is 2.46 bits per heavy atom. The number of amides is 1. The highest BCUT2D eigenvalue weighted by atomic mass is 16.6. The molecule has 1 amide bonds. The van der Waals surface area contributed by atoms with Gasteiger partial charge < -0.3 is 10.1 Å². The van der Waals surface area contributed by atoms with E-state index in [1.807, 2.05) is 24.3 Å². The molecule has 8 heteroatoms. The lowest BCUT2D eigenvalue weighted by Crippen LogP contribution is -2.32. The molecule has 0 bridgehead atoms. The average Bonchev–Trinajstić information content (AvgIpc) is 2.93. The summed E-state index contributed by atoms with van der Waals surface area (Å²) in [4.78, 5) is 21.8. The van der Waals surface area contributed by atoms with Crippen LogP contribution in [-0.4, -0.2) is 26.4 Å². The number of nitrogens with zero attached hydrogens (tertiary/aromatic N) is 3. The topological polar surface area (TPSA) is 99.3 Å². The summed E-state index contributed by atoms with van der Waals surface area (Å²) < 4.78 is 6.67. The molecule has 0 spiro atoms. The second-order valence-electron chi connectivity index (χ2n) is 6.33. The monoisotopic (exact) mass is 332 g/mol. The number of carbonyl (C=O) groups excluding carboxylic acids is 1. The van der Waals surface area contributed by atoms with Gasteiger partial charge in [0, 0.05) is 6.54 Å². The molecule has 2 rings (SSSR count). The van der Waals surface area contributed by atoms with Crippen molar-refractivity contribution in [2.24, 2.45) is 0 Å². The normalized spacial score (nSPS) is 11.1. The molecule has 0 aliphatic heterocycles. The number of hydrogen-bond acceptors (Lipinski definition) is 5. The highest BCUT2D eigenvalue weighted by Gasteiger charge is 2.15. The molecule has 2 aromatic rings. The fraction of sp³-hybridized carbons (Fsp3) is 0.375. The van der Waals surface area contributed by atoms with Crippen molar-refractivity contribution in [1.29, 1.82) is 0 Å². The molecular weight excluding hydrogens is 312 g/mol. The van der Waals surface area contributed by atoms with Gasteiger partial charge in [-0.3, -0.25) is 14.8 Å². The molecule has 0 unspecified atom stereocenters. The minimum atomic E-state index is -0.527. The molecule has 1 aromatic carbocycles. The molecule has 8 nitrogen and oxygen atoms in total. The molecule has 0 atom stereocenters. The Morgan fingerprint density at radius 2 is 1.92 bits per heavy atom. The lowest BCUT2D eigenvalue weighted by Gasteiger charge is -2.19. The van der Waals surface area contributed by atoms with Gasteiger partial charge in [0.25, 0.3) is 0 Å². The fourth-order valence-corrected chi connectivity index (χ4v) is 1.97. The number of ether oxygens (including phenoxy) is 1. The molecule has 1 N–H and O–H groups in total. The van der Waals surface area contributed by atoms with Crippen molar-refractivity contribution >= 4 is 11.8 Å². The zero-order valence-electron chi connectivity index (χ0n) is 13.9. The third kappa shape index (κ3) is 5.38. The van der Waals surface area contributed by atoms with Gasteiger partial charge in [0.2, 0.25) is 0 Å². The van der Waals surface area contributed by atoms with Crippen LogP contribution in [0.1, 0.15) is 31.9 Å². The van der Waals surface area contributed by atoms with Gasteiger partial charge in [0.15, 0.2) is 0 Å². The van der Waals surface area contributed by atoms with Gasteiger partial charge >= 0.3 is 11.8 Å². The number of nitro groups is 1. The van der Waals surface area contributed by atoms with E-state index in [1.54, 1.807) is 20.8 Å². The largest absolute Gasteiger partial charge is 0.444 e. The number of rotatable bonds is 5. The molecule has 1 heterocycles. The Labute approximate surface area is 139 Å². The molecule has 24 heavy (non-hydrogen) atoms. The molecule has 0 saturated carbocycles. The van der Waals surface area contributed by atoms with Crippen molar-refractivity contribution < 1.29 is 14.5 Å². The molecule has 128 valence electrons. The fourth-order valence-electron chi connectivity index (χ4n) is 1.97. The van der Waals surface area contributed by atoms with E-state index in [2.05, 4.69) is 10.4 Å². The van der Waals surface area contributed by atoms with Crippen LogP contribution < -0.4 is 5.32 Å². The van der Waals surface area contributed by atoms with Gasteiger partial charge in [0.1, 0.15) is 18.0 Å². The summed E-state index contributed by atoms with van der Waals surface area (Å²) in [7, 11) is 0. The minimum Gasteiger partial charge on any atom is -0.444 e. The number of benzene rings is 1. The Kier molecular flexibility index (Phi) is 5.18. The van der Waals surface area contributed by atoms with E-state index in [0.29, 0.717) is 13.1 Å². The van der Waals surface area contributed by atoms with Crippen LogP contribution in [0.2, 0.25) is 0 Å². The van der Waals surface area contributed by atoms with Crippen LogP contribution in [0.3, 0.4) is 0 Å². The molecular formula is C16H20N4O4. The summed E-state index contributed by atoms with van der Waals surface area (Å²) in [6.45, 7) is 6.22. The Balaban J connectivity index is 1.88. The Bertz CT molecular complexity index is 716. The quantitative estimate of drug-likeness (QED) is 0.670. The van der Waals surface area contributed by atoms with Crippen LogP contribution in [-0.2, 0) is 17.8 Å². The van der Waals surface area contributed by atoms with E-state index in [1.165, 1.54) is 17.1 Å².